The molecule has 0 aromatic heterocycles. The molecule has 6 rings (SSSR count). The van der Waals surface area contributed by atoms with Crippen LogP contribution in [0.4, 0.5) is 0 Å². The van der Waals surface area contributed by atoms with Crippen LogP contribution in [0.2, 0.25) is 0 Å². The standard InChI is InChI=1S/C31H26OSi/c1-4-14-24(15-5-1)33(25-16-6-2-7-17-25,26-18-8-3-9-19-26)31-27-20-10-12-22-29(27)32-30-23-13-11-21-28(30)31/h1-23,27,29,31H/t27-,29-,31+/m0/s1. The Bertz CT molecular complexity index is 1200. The Morgan fingerprint density at radius 1 is 0.515 bits per heavy atom. The van der Waals surface area contributed by atoms with Gasteiger partial charge in [0.2, 0.25) is 0 Å². The summed E-state index contributed by atoms with van der Waals surface area (Å²) in [7, 11) is -2.55. The predicted molar refractivity (Wildman–Crippen MR) is 139 cm³/mol. The van der Waals surface area contributed by atoms with Gasteiger partial charge in [0, 0.05) is 11.5 Å². The third-order valence-electron chi connectivity index (χ3n) is 7.18. The summed E-state index contributed by atoms with van der Waals surface area (Å²) in [6.07, 6.45) is 8.97. The molecule has 1 heterocycles. The molecule has 1 nitrogen and oxygen atoms in total. The smallest absolute Gasteiger partial charge is 0.156 e. The van der Waals surface area contributed by atoms with Crippen molar-refractivity contribution >= 4 is 23.6 Å². The number of para-hydroxylation sites is 1. The zero-order valence-corrected chi connectivity index (χ0v) is 19.4. The number of hydrogen-bond donors (Lipinski definition) is 0. The summed E-state index contributed by atoms with van der Waals surface area (Å²) in [6, 6.07) is 42.3. The van der Waals surface area contributed by atoms with E-state index in [9.17, 15) is 0 Å². The van der Waals surface area contributed by atoms with Gasteiger partial charge in [0.05, 0.1) is 0 Å². The molecule has 0 saturated carbocycles. The van der Waals surface area contributed by atoms with E-state index in [4.69, 9.17) is 4.74 Å². The van der Waals surface area contributed by atoms with Crippen LogP contribution in [0.5, 0.6) is 5.75 Å². The molecule has 33 heavy (non-hydrogen) atoms. The molecule has 0 radical (unpaired) electrons. The van der Waals surface area contributed by atoms with E-state index in [-0.39, 0.29) is 12.0 Å². The Balaban J connectivity index is 1.75. The van der Waals surface area contributed by atoms with Crippen LogP contribution in [0, 0.1) is 5.92 Å². The minimum Gasteiger partial charge on any atom is -0.485 e. The SMILES string of the molecule is C1=C[C@H]2[C@H](C=C1)Oc1ccccc1[C@@H]2[Si](c1ccccc1)(c1ccccc1)c1ccccc1. The molecule has 0 bridgehead atoms. The first kappa shape index (κ1) is 20.0. The number of benzene rings is 4. The Hall–Kier alpha value is -3.62. The normalized spacial score (nSPS) is 21.0. The van der Waals surface area contributed by atoms with Gasteiger partial charge in [0.25, 0.3) is 0 Å². The molecule has 1 aliphatic carbocycles. The van der Waals surface area contributed by atoms with Crippen LogP contribution in [0.15, 0.2) is 140 Å². The highest BCUT2D eigenvalue weighted by molar-refractivity contribution is 7.12. The maximum atomic E-state index is 6.55. The lowest BCUT2D eigenvalue weighted by Crippen LogP contribution is -2.73. The Morgan fingerprint density at radius 3 is 1.58 bits per heavy atom. The molecule has 0 saturated heterocycles. The second-order valence-corrected chi connectivity index (χ2v) is 12.8. The van der Waals surface area contributed by atoms with Gasteiger partial charge >= 0.3 is 0 Å². The maximum Gasteiger partial charge on any atom is 0.156 e. The number of rotatable bonds is 4. The lowest BCUT2D eigenvalue weighted by molar-refractivity contribution is 0.173. The molecule has 0 N–H and O–H groups in total. The number of fused-ring (bicyclic) bond motifs is 2. The molecule has 3 atom stereocenters. The van der Waals surface area contributed by atoms with E-state index in [0.29, 0.717) is 5.54 Å². The quantitative estimate of drug-likeness (QED) is 0.320. The molecule has 0 spiro atoms. The van der Waals surface area contributed by atoms with Gasteiger partial charge in [-0.1, -0.05) is 127 Å². The van der Waals surface area contributed by atoms with Gasteiger partial charge in [-0.05, 0) is 33.3 Å². The summed E-state index contributed by atoms with van der Waals surface area (Å²) in [5, 5.41) is 4.31. The average molecular weight is 443 g/mol. The highest BCUT2D eigenvalue weighted by atomic mass is 28.3. The van der Waals surface area contributed by atoms with Crippen molar-refractivity contribution in [2.45, 2.75) is 11.6 Å². The van der Waals surface area contributed by atoms with Crippen LogP contribution in [0.25, 0.3) is 0 Å². The highest BCUT2D eigenvalue weighted by Gasteiger charge is 2.53. The van der Waals surface area contributed by atoms with Gasteiger partial charge in [0.15, 0.2) is 8.07 Å². The van der Waals surface area contributed by atoms with E-state index in [1.54, 1.807) is 0 Å². The first-order valence-electron chi connectivity index (χ1n) is 11.7. The fraction of sp³-hybridized carbons (Fsp3) is 0.0968. The Labute approximate surface area is 196 Å². The molecule has 0 amide bonds. The lowest BCUT2D eigenvalue weighted by Gasteiger charge is -2.48. The summed E-state index contributed by atoms with van der Waals surface area (Å²) in [5.74, 6) is 1.28. The molecule has 2 heteroatoms. The Morgan fingerprint density at radius 2 is 1.00 bits per heavy atom. The van der Waals surface area contributed by atoms with E-state index in [0.717, 1.165) is 5.75 Å². The summed E-state index contributed by atoms with van der Waals surface area (Å²) in [6.45, 7) is 0. The maximum absolute atomic E-state index is 6.55. The fourth-order valence-corrected chi connectivity index (χ4v) is 11.7. The summed E-state index contributed by atoms with van der Waals surface area (Å²) in [5.41, 5.74) is 1.61. The number of hydrogen-bond acceptors (Lipinski definition) is 1. The van der Waals surface area contributed by atoms with Crippen molar-refractivity contribution in [3.8, 4) is 5.75 Å². The molecule has 0 fully saturated rings. The number of allylic oxidation sites excluding steroid dienone is 2. The first-order valence-corrected chi connectivity index (χ1v) is 13.7. The molecule has 4 aromatic rings. The Kier molecular flexibility index (Phi) is 5.08. The van der Waals surface area contributed by atoms with Crippen molar-refractivity contribution in [1.82, 2.24) is 0 Å². The summed E-state index contributed by atoms with van der Waals surface area (Å²) in [4.78, 5) is 0. The zero-order valence-electron chi connectivity index (χ0n) is 18.4. The van der Waals surface area contributed by atoms with Gasteiger partial charge < -0.3 is 4.74 Å². The zero-order chi connectivity index (χ0) is 22.1. The highest BCUT2D eigenvalue weighted by Crippen LogP contribution is 2.46. The third-order valence-corrected chi connectivity index (χ3v) is 12.5. The van der Waals surface area contributed by atoms with Crippen LogP contribution >= 0.6 is 0 Å². The first-order chi connectivity index (χ1) is 16.4. The average Bonchev–Trinajstić information content (AvgIpc) is 2.90. The summed E-state index contributed by atoms with van der Waals surface area (Å²) < 4.78 is 6.55. The monoisotopic (exact) mass is 442 g/mol. The molecular formula is C31H26OSi. The summed E-state index contributed by atoms with van der Waals surface area (Å²) >= 11 is 0. The lowest BCUT2D eigenvalue weighted by atomic mass is 9.87. The second-order valence-electron chi connectivity index (χ2n) is 8.85. The minimum absolute atomic E-state index is 0.0397. The third kappa shape index (κ3) is 3.21. The van der Waals surface area contributed by atoms with E-state index in [1.807, 2.05) is 0 Å². The molecule has 0 unspecified atom stereocenters. The van der Waals surface area contributed by atoms with Gasteiger partial charge in [-0.15, -0.1) is 0 Å². The molecule has 2 aliphatic rings. The number of ether oxygens (including phenoxy) is 1. The molecule has 1 aliphatic heterocycles. The van der Waals surface area contributed by atoms with E-state index >= 15 is 0 Å². The molecule has 160 valence electrons. The van der Waals surface area contributed by atoms with Gasteiger partial charge in [0.1, 0.15) is 11.9 Å². The van der Waals surface area contributed by atoms with E-state index < -0.39 is 8.07 Å². The van der Waals surface area contributed by atoms with Crippen LogP contribution in [-0.2, 0) is 0 Å². The van der Waals surface area contributed by atoms with Crippen molar-refractivity contribution < 1.29 is 4.74 Å². The van der Waals surface area contributed by atoms with Gasteiger partial charge in [-0.25, -0.2) is 0 Å². The van der Waals surface area contributed by atoms with Crippen LogP contribution < -0.4 is 20.3 Å². The van der Waals surface area contributed by atoms with Crippen molar-refractivity contribution in [1.29, 1.82) is 0 Å². The van der Waals surface area contributed by atoms with E-state index in [1.165, 1.54) is 21.1 Å². The molecular weight excluding hydrogens is 416 g/mol. The van der Waals surface area contributed by atoms with Crippen molar-refractivity contribution in [2.24, 2.45) is 5.92 Å². The largest absolute Gasteiger partial charge is 0.485 e. The minimum atomic E-state index is -2.55. The second kappa shape index (κ2) is 8.38. The van der Waals surface area contributed by atoms with Crippen LogP contribution in [0.1, 0.15) is 11.1 Å². The fourth-order valence-electron chi connectivity index (χ4n) is 5.89. The van der Waals surface area contributed by atoms with Crippen LogP contribution in [0.3, 0.4) is 0 Å². The van der Waals surface area contributed by atoms with Crippen LogP contribution in [-0.4, -0.2) is 14.2 Å². The van der Waals surface area contributed by atoms with Gasteiger partial charge in [-0.2, -0.15) is 0 Å². The predicted octanol–water partition coefficient (Wildman–Crippen LogP) is 4.98. The van der Waals surface area contributed by atoms with Crippen molar-refractivity contribution in [2.75, 3.05) is 0 Å². The van der Waals surface area contributed by atoms with Crippen molar-refractivity contribution in [3.63, 3.8) is 0 Å². The molecule has 4 aromatic carbocycles. The van der Waals surface area contributed by atoms with Gasteiger partial charge in [-0.3, -0.25) is 0 Å². The van der Waals surface area contributed by atoms with Crippen molar-refractivity contribution in [3.05, 3.63) is 145 Å². The van der Waals surface area contributed by atoms with E-state index in [2.05, 4.69) is 140 Å². The topological polar surface area (TPSA) is 9.23 Å².